The maximum atomic E-state index is 13.8. The van der Waals surface area contributed by atoms with Crippen molar-refractivity contribution in [2.75, 3.05) is 14.2 Å². The summed E-state index contributed by atoms with van der Waals surface area (Å²) in [5.41, 5.74) is 6.85. The molecule has 2 aliphatic rings. The first-order valence-electron chi connectivity index (χ1n) is 11.7. The Morgan fingerprint density at radius 3 is 2.29 bits per heavy atom. The molecule has 2 unspecified atom stereocenters. The van der Waals surface area contributed by atoms with Gasteiger partial charge in [-0.2, -0.15) is 0 Å². The molecule has 0 spiro atoms. The number of methoxy groups -OCH3 is 2. The summed E-state index contributed by atoms with van der Waals surface area (Å²) in [6, 6.07) is 9.47. The average molecular weight is 476 g/mol. The minimum Gasteiger partial charge on any atom is -0.493 e. The summed E-state index contributed by atoms with van der Waals surface area (Å²) in [7, 11) is 3.19. The quantitative estimate of drug-likeness (QED) is 0.607. The molecule has 8 heteroatoms. The second-order valence-electron chi connectivity index (χ2n) is 9.41. The van der Waals surface area contributed by atoms with Crippen molar-refractivity contribution in [2.24, 2.45) is 10.9 Å². The fourth-order valence-corrected chi connectivity index (χ4v) is 5.23. The van der Waals surface area contributed by atoms with Crippen LogP contribution in [0.2, 0.25) is 0 Å². The lowest BCUT2D eigenvalue weighted by molar-refractivity contribution is -0.138. The Kier molecular flexibility index (Phi) is 5.54. The number of benzene rings is 2. The van der Waals surface area contributed by atoms with Crippen molar-refractivity contribution < 1.29 is 19.4 Å². The first-order chi connectivity index (χ1) is 16.7. The number of nitrogens with zero attached hydrogens (tertiary/aromatic N) is 3. The van der Waals surface area contributed by atoms with Crippen molar-refractivity contribution in [1.82, 2.24) is 9.13 Å². The predicted molar refractivity (Wildman–Crippen MR) is 132 cm³/mol. The molecule has 3 aromatic rings. The number of hydrogen-bond donors (Lipinski definition) is 1. The Bertz CT molecular complexity index is 1470. The molecule has 2 aromatic carbocycles. The van der Waals surface area contributed by atoms with Crippen LogP contribution >= 0.6 is 0 Å². The third kappa shape index (κ3) is 3.83. The number of ether oxygens (including phenoxy) is 2. The van der Waals surface area contributed by atoms with E-state index in [1.165, 1.54) is 0 Å². The standard InChI is InChI=1S/C27H29N3O5/c1-14-8-15(2)25(16(3)9-14)28-24-13-20-18-12-23(35-5)22(34-4)10-17(18)6-7-29(20)27(33)30(24)21-11-19(21)26(31)32/h8-10,12-13,19,21H,6-7,11H2,1-5H3,(H,31,32). The molecule has 1 fully saturated rings. The summed E-state index contributed by atoms with van der Waals surface area (Å²) in [6.07, 6.45) is 1.08. The maximum Gasteiger partial charge on any atom is 0.330 e. The maximum absolute atomic E-state index is 13.8. The molecule has 5 rings (SSSR count). The largest absolute Gasteiger partial charge is 0.493 e. The number of aromatic nitrogens is 2. The van der Waals surface area contributed by atoms with Crippen LogP contribution in [0.15, 0.2) is 40.1 Å². The average Bonchev–Trinajstić information content (AvgIpc) is 3.61. The molecule has 0 saturated heterocycles. The zero-order chi connectivity index (χ0) is 25.0. The highest BCUT2D eigenvalue weighted by Gasteiger charge is 2.46. The van der Waals surface area contributed by atoms with Crippen LogP contribution in [-0.2, 0) is 17.8 Å². The van der Waals surface area contributed by atoms with Crippen molar-refractivity contribution in [3.05, 3.63) is 68.6 Å². The van der Waals surface area contributed by atoms with Gasteiger partial charge in [-0.05, 0) is 62.4 Å². The van der Waals surface area contributed by atoms with E-state index in [0.29, 0.717) is 36.4 Å². The van der Waals surface area contributed by atoms with E-state index in [4.69, 9.17) is 14.5 Å². The number of carboxylic acid groups (broad SMARTS) is 1. The van der Waals surface area contributed by atoms with Crippen molar-refractivity contribution >= 4 is 11.7 Å². The van der Waals surface area contributed by atoms with Gasteiger partial charge in [0.05, 0.1) is 37.6 Å². The third-order valence-electron chi connectivity index (χ3n) is 7.00. The molecule has 35 heavy (non-hydrogen) atoms. The molecule has 0 bridgehead atoms. The van der Waals surface area contributed by atoms with Crippen LogP contribution in [0, 0.1) is 26.7 Å². The highest BCUT2D eigenvalue weighted by molar-refractivity contribution is 5.74. The van der Waals surface area contributed by atoms with Crippen LogP contribution in [0.4, 0.5) is 5.69 Å². The van der Waals surface area contributed by atoms with Gasteiger partial charge in [-0.15, -0.1) is 0 Å². The molecule has 1 aliphatic carbocycles. The van der Waals surface area contributed by atoms with Crippen LogP contribution in [0.25, 0.3) is 11.3 Å². The van der Waals surface area contributed by atoms with Gasteiger partial charge in [-0.3, -0.25) is 13.9 Å². The minimum absolute atomic E-state index is 0.238. The van der Waals surface area contributed by atoms with Gasteiger partial charge in [0.15, 0.2) is 11.5 Å². The zero-order valence-electron chi connectivity index (χ0n) is 20.6. The molecule has 2 atom stereocenters. The molecular formula is C27H29N3O5. The fourth-order valence-electron chi connectivity index (χ4n) is 5.23. The molecule has 8 nitrogen and oxygen atoms in total. The van der Waals surface area contributed by atoms with E-state index in [1.54, 1.807) is 23.4 Å². The highest BCUT2D eigenvalue weighted by Crippen LogP contribution is 2.42. The van der Waals surface area contributed by atoms with Gasteiger partial charge in [0, 0.05) is 18.2 Å². The predicted octanol–water partition coefficient (Wildman–Crippen LogP) is 3.69. The van der Waals surface area contributed by atoms with Gasteiger partial charge in [0.2, 0.25) is 0 Å². The summed E-state index contributed by atoms with van der Waals surface area (Å²) < 4.78 is 14.3. The van der Waals surface area contributed by atoms with E-state index >= 15 is 0 Å². The van der Waals surface area contributed by atoms with E-state index in [-0.39, 0.29) is 5.69 Å². The van der Waals surface area contributed by atoms with Crippen molar-refractivity contribution in [2.45, 2.75) is 46.2 Å². The topological polar surface area (TPSA) is 95.1 Å². The van der Waals surface area contributed by atoms with E-state index in [1.807, 2.05) is 39.0 Å². The van der Waals surface area contributed by atoms with Gasteiger partial charge in [-0.1, -0.05) is 17.7 Å². The number of carboxylic acids is 1. The van der Waals surface area contributed by atoms with Gasteiger partial charge in [-0.25, -0.2) is 9.79 Å². The number of rotatable bonds is 5. The van der Waals surface area contributed by atoms with Crippen molar-refractivity contribution in [1.29, 1.82) is 0 Å². The lowest BCUT2D eigenvalue weighted by Crippen LogP contribution is -2.42. The van der Waals surface area contributed by atoms with Crippen LogP contribution in [-0.4, -0.2) is 34.4 Å². The molecule has 0 amide bonds. The Balaban J connectivity index is 1.80. The molecular weight excluding hydrogens is 446 g/mol. The Hall–Kier alpha value is -3.81. The molecule has 2 heterocycles. The molecule has 1 N–H and O–H groups in total. The number of aliphatic carboxylic acids is 1. The summed E-state index contributed by atoms with van der Waals surface area (Å²) in [5.74, 6) is -0.243. The van der Waals surface area contributed by atoms with E-state index < -0.39 is 17.9 Å². The normalized spacial score (nSPS) is 18.6. The first kappa shape index (κ1) is 23.0. The van der Waals surface area contributed by atoms with E-state index in [2.05, 4.69) is 12.1 Å². The summed E-state index contributed by atoms with van der Waals surface area (Å²) in [5, 5.41) is 9.57. The van der Waals surface area contributed by atoms with Crippen molar-refractivity contribution in [3.63, 3.8) is 0 Å². The monoisotopic (exact) mass is 475 g/mol. The molecule has 1 aromatic heterocycles. The van der Waals surface area contributed by atoms with Gasteiger partial charge in [0.1, 0.15) is 5.49 Å². The van der Waals surface area contributed by atoms with Gasteiger partial charge in [0.25, 0.3) is 0 Å². The van der Waals surface area contributed by atoms with Crippen LogP contribution < -0.4 is 20.7 Å². The first-order valence-corrected chi connectivity index (χ1v) is 11.7. The van der Waals surface area contributed by atoms with E-state index in [0.717, 1.165) is 39.2 Å². The SMILES string of the molecule is COc1cc2c(cc1OC)-c1cc(=Nc3c(C)cc(C)cc3C)n(C3CC3C(=O)O)c(=O)n1CC2. The fraction of sp³-hybridized carbons (Fsp3) is 0.370. The Labute approximate surface area is 203 Å². The molecule has 0 radical (unpaired) electrons. The van der Waals surface area contributed by atoms with Gasteiger partial charge >= 0.3 is 11.7 Å². The Morgan fingerprint density at radius 1 is 1.03 bits per heavy atom. The summed E-state index contributed by atoms with van der Waals surface area (Å²) in [6.45, 7) is 6.52. The van der Waals surface area contributed by atoms with Gasteiger partial charge < -0.3 is 14.6 Å². The van der Waals surface area contributed by atoms with Crippen LogP contribution in [0.5, 0.6) is 11.5 Å². The molecule has 182 valence electrons. The van der Waals surface area contributed by atoms with Crippen LogP contribution in [0.3, 0.4) is 0 Å². The summed E-state index contributed by atoms with van der Waals surface area (Å²) in [4.78, 5) is 30.4. The number of aryl methyl sites for hydroxylation is 4. The second kappa shape index (κ2) is 8.45. The third-order valence-corrected chi connectivity index (χ3v) is 7.00. The smallest absolute Gasteiger partial charge is 0.330 e. The number of fused-ring (bicyclic) bond motifs is 3. The second-order valence-corrected chi connectivity index (χ2v) is 9.41. The van der Waals surface area contributed by atoms with Crippen LogP contribution in [0.1, 0.15) is 34.7 Å². The minimum atomic E-state index is -0.888. The number of hydrogen-bond acceptors (Lipinski definition) is 5. The lowest BCUT2D eigenvalue weighted by atomic mass is 9.97. The molecule has 1 aliphatic heterocycles. The lowest BCUT2D eigenvalue weighted by Gasteiger charge is -2.24. The molecule has 1 saturated carbocycles. The summed E-state index contributed by atoms with van der Waals surface area (Å²) >= 11 is 0. The van der Waals surface area contributed by atoms with E-state index in [9.17, 15) is 14.7 Å². The number of carbonyl (C=O) groups is 1. The van der Waals surface area contributed by atoms with Crippen molar-refractivity contribution in [3.8, 4) is 22.8 Å². The Morgan fingerprint density at radius 2 is 1.69 bits per heavy atom. The zero-order valence-corrected chi connectivity index (χ0v) is 20.6. The highest BCUT2D eigenvalue weighted by atomic mass is 16.5.